The fourth-order valence-electron chi connectivity index (χ4n) is 2.55. The molecule has 0 radical (unpaired) electrons. The Labute approximate surface area is 108 Å². The zero-order valence-corrected chi connectivity index (χ0v) is 10.1. The summed E-state index contributed by atoms with van der Waals surface area (Å²) in [6.45, 7) is 0. The number of aliphatic hydroxyl groups is 1. The first-order chi connectivity index (χ1) is 8.96. The minimum atomic E-state index is -1.98. The molecule has 0 unspecified atom stereocenters. The number of fused-ring (bicyclic) bond motifs is 1. The monoisotopic (exact) mass is 260 g/mol. The van der Waals surface area contributed by atoms with E-state index in [0.29, 0.717) is 11.3 Å². The van der Waals surface area contributed by atoms with Gasteiger partial charge in [0.1, 0.15) is 0 Å². The van der Waals surface area contributed by atoms with Crippen molar-refractivity contribution in [1.29, 1.82) is 0 Å². The van der Waals surface area contributed by atoms with Gasteiger partial charge in [0.2, 0.25) is 0 Å². The third kappa shape index (κ3) is 1.33. The van der Waals surface area contributed by atoms with E-state index < -0.39 is 23.5 Å². The molecule has 7 heteroatoms. The van der Waals surface area contributed by atoms with Gasteiger partial charge >= 0.3 is 0 Å². The summed E-state index contributed by atoms with van der Waals surface area (Å²) in [5.74, 6) is -1.29. The molecule has 7 nitrogen and oxygen atoms in total. The van der Waals surface area contributed by atoms with E-state index in [1.54, 1.807) is 24.3 Å². The van der Waals surface area contributed by atoms with Gasteiger partial charge in [0.25, 0.3) is 11.8 Å². The molecule has 0 spiro atoms. The maximum Gasteiger partial charge on any atom is 0.275 e. The summed E-state index contributed by atoms with van der Waals surface area (Å²) < 4.78 is 0. The highest BCUT2D eigenvalue weighted by molar-refractivity contribution is 6.12. The number of likely N-dealkylation sites (N-methyl/N-ethyl adjacent to an activating group) is 1. The SMILES string of the molecule is CN1C(N)=NC(=O)[C@@H]1[C@@]1(O)C(=O)Nc2ccccc21. The number of para-hydroxylation sites is 1. The number of hydrogen-bond acceptors (Lipinski definition) is 5. The Bertz CT molecular complexity index is 627. The molecule has 2 heterocycles. The van der Waals surface area contributed by atoms with Gasteiger partial charge in [-0.3, -0.25) is 9.59 Å². The van der Waals surface area contributed by atoms with E-state index in [1.807, 2.05) is 0 Å². The first-order valence-electron chi connectivity index (χ1n) is 5.70. The van der Waals surface area contributed by atoms with E-state index in [-0.39, 0.29) is 5.96 Å². The van der Waals surface area contributed by atoms with Crippen LogP contribution < -0.4 is 11.1 Å². The molecule has 0 saturated carbocycles. The molecule has 0 aliphatic carbocycles. The van der Waals surface area contributed by atoms with Gasteiger partial charge in [0.05, 0.1) is 0 Å². The van der Waals surface area contributed by atoms with Crippen molar-refractivity contribution in [2.75, 3.05) is 12.4 Å². The summed E-state index contributed by atoms with van der Waals surface area (Å²) in [7, 11) is 1.51. The van der Waals surface area contributed by atoms with Crippen LogP contribution in [0, 0.1) is 0 Å². The Morgan fingerprint density at radius 2 is 2.11 bits per heavy atom. The minimum Gasteiger partial charge on any atom is -0.373 e. The second-order valence-corrected chi connectivity index (χ2v) is 4.59. The molecule has 98 valence electrons. The van der Waals surface area contributed by atoms with Crippen LogP contribution in [0.25, 0.3) is 0 Å². The van der Waals surface area contributed by atoms with Gasteiger partial charge in [-0.05, 0) is 6.07 Å². The van der Waals surface area contributed by atoms with Crippen LogP contribution in [0.2, 0.25) is 0 Å². The molecular weight excluding hydrogens is 248 g/mol. The topological polar surface area (TPSA) is 108 Å². The van der Waals surface area contributed by atoms with Crippen molar-refractivity contribution in [3.05, 3.63) is 29.8 Å². The number of anilines is 1. The lowest BCUT2D eigenvalue weighted by Crippen LogP contribution is -2.56. The van der Waals surface area contributed by atoms with Gasteiger partial charge in [-0.15, -0.1) is 0 Å². The predicted octanol–water partition coefficient (Wildman–Crippen LogP) is -1.02. The average Bonchev–Trinajstić information content (AvgIpc) is 2.77. The fourth-order valence-corrected chi connectivity index (χ4v) is 2.55. The van der Waals surface area contributed by atoms with Crippen LogP contribution in [-0.2, 0) is 15.2 Å². The maximum absolute atomic E-state index is 12.1. The minimum absolute atomic E-state index is 0.0133. The molecule has 2 atom stereocenters. The van der Waals surface area contributed by atoms with Crippen molar-refractivity contribution in [3.8, 4) is 0 Å². The van der Waals surface area contributed by atoms with Gasteiger partial charge in [-0.1, -0.05) is 18.2 Å². The molecule has 1 aromatic carbocycles. The highest BCUT2D eigenvalue weighted by atomic mass is 16.3. The van der Waals surface area contributed by atoms with Crippen molar-refractivity contribution < 1.29 is 14.7 Å². The van der Waals surface area contributed by atoms with E-state index in [2.05, 4.69) is 10.3 Å². The largest absolute Gasteiger partial charge is 0.373 e. The van der Waals surface area contributed by atoms with Crippen LogP contribution in [0.4, 0.5) is 5.69 Å². The predicted molar refractivity (Wildman–Crippen MR) is 67.1 cm³/mol. The van der Waals surface area contributed by atoms with Crippen LogP contribution in [0.3, 0.4) is 0 Å². The van der Waals surface area contributed by atoms with Crippen molar-refractivity contribution in [2.45, 2.75) is 11.6 Å². The van der Waals surface area contributed by atoms with Crippen molar-refractivity contribution in [2.24, 2.45) is 10.7 Å². The Hall–Kier alpha value is -2.41. The highest BCUT2D eigenvalue weighted by Gasteiger charge is 2.58. The van der Waals surface area contributed by atoms with Crippen molar-refractivity contribution in [1.82, 2.24) is 4.90 Å². The number of carbonyl (C=O) groups excluding carboxylic acids is 2. The third-order valence-corrected chi connectivity index (χ3v) is 3.54. The molecule has 0 aromatic heterocycles. The van der Waals surface area contributed by atoms with Crippen LogP contribution in [0.1, 0.15) is 5.56 Å². The number of rotatable bonds is 1. The van der Waals surface area contributed by atoms with Crippen LogP contribution >= 0.6 is 0 Å². The number of guanidine groups is 1. The average molecular weight is 260 g/mol. The number of nitrogens with one attached hydrogen (secondary N) is 1. The molecule has 1 aromatic rings. The summed E-state index contributed by atoms with van der Waals surface area (Å²) in [6, 6.07) is 5.54. The Morgan fingerprint density at radius 1 is 1.42 bits per heavy atom. The van der Waals surface area contributed by atoms with E-state index in [9.17, 15) is 14.7 Å². The molecule has 0 fully saturated rings. The van der Waals surface area contributed by atoms with Gasteiger partial charge in [0.15, 0.2) is 17.6 Å². The molecule has 2 amide bonds. The smallest absolute Gasteiger partial charge is 0.275 e. The number of nitrogens with two attached hydrogens (primary N) is 1. The molecule has 2 aliphatic rings. The molecule has 3 rings (SSSR count). The van der Waals surface area contributed by atoms with Gasteiger partial charge in [-0.25, -0.2) is 0 Å². The first kappa shape index (κ1) is 11.7. The third-order valence-electron chi connectivity index (χ3n) is 3.54. The zero-order valence-electron chi connectivity index (χ0n) is 10.1. The van der Waals surface area contributed by atoms with Crippen LogP contribution in [0.15, 0.2) is 29.3 Å². The molecule has 4 N–H and O–H groups in total. The number of hydrogen-bond donors (Lipinski definition) is 3. The van der Waals surface area contributed by atoms with Crippen molar-refractivity contribution in [3.63, 3.8) is 0 Å². The number of aliphatic imine (C=N–C) groups is 1. The summed E-state index contributed by atoms with van der Waals surface area (Å²) in [5, 5.41) is 13.3. The summed E-state index contributed by atoms with van der Waals surface area (Å²) >= 11 is 0. The summed E-state index contributed by atoms with van der Waals surface area (Å²) in [5.41, 5.74) is 4.43. The van der Waals surface area contributed by atoms with Crippen molar-refractivity contribution >= 4 is 23.5 Å². The van der Waals surface area contributed by atoms with Gasteiger partial charge < -0.3 is 21.1 Å². The highest BCUT2D eigenvalue weighted by Crippen LogP contribution is 2.41. The van der Waals surface area contributed by atoms with Gasteiger partial charge in [-0.2, -0.15) is 4.99 Å². The zero-order chi connectivity index (χ0) is 13.8. The lowest BCUT2D eigenvalue weighted by molar-refractivity contribution is -0.146. The number of amides is 2. The van der Waals surface area contributed by atoms with Gasteiger partial charge in [0, 0.05) is 18.3 Å². The number of nitrogens with zero attached hydrogens (tertiary/aromatic N) is 2. The molecule has 0 bridgehead atoms. The fraction of sp³-hybridized carbons (Fsp3) is 0.250. The molecular formula is C12H12N4O3. The van der Waals surface area contributed by atoms with Crippen LogP contribution in [-0.4, -0.2) is 40.9 Å². The lowest BCUT2D eigenvalue weighted by Gasteiger charge is -2.31. The second-order valence-electron chi connectivity index (χ2n) is 4.59. The Balaban J connectivity index is 2.14. The second kappa shape index (κ2) is 3.55. The number of carbonyl (C=O) groups is 2. The summed E-state index contributed by atoms with van der Waals surface area (Å²) in [4.78, 5) is 28.9. The molecule has 2 aliphatic heterocycles. The van der Waals surface area contributed by atoms with E-state index >= 15 is 0 Å². The summed E-state index contributed by atoms with van der Waals surface area (Å²) in [6.07, 6.45) is 0. The molecule has 0 saturated heterocycles. The van der Waals surface area contributed by atoms with E-state index in [1.165, 1.54) is 11.9 Å². The van der Waals surface area contributed by atoms with E-state index in [0.717, 1.165) is 0 Å². The normalized spacial score (nSPS) is 29.3. The Kier molecular flexibility index (Phi) is 2.18. The van der Waals surface area contributed by atoms with E-state index in [4.69, 9.17) is 5.73 Å². The first-order valence-corrected chi connectivity index (χ1v) is 5.70. The standard InChI is InChI=1S/C12H12N4O3/c1-16-8(9(17)15-11(16)13)12(19)6-4-2-3-5-7(6)14-10(12)18/h2-5,8,19H,1H3,(H,14,18)(H2,13,15,17)/t8-,12-/m1/s1. The maximum atomic E-state index is 12.1. The Morgan fingerprint density at radius 3 is 2.74 bits per heavy atom. The molecule has 19 heavy (non-hydrogen) atoms. The quantitative estimate of drug-likeness (QED) is 0.599. The van der Waals surface area contributed by atoms with Crippen LogP contribution in [0.5, 0.6) is 0 Å². The number of benzene rings is 1. The lowest BCUT2D eigenvalue weighted by atomic mass is 9.86.